The van der Waals surface area contributed by atoms with Crippen LogP contribution in [0.15, 0.2) is 29.8 Å². The molecule has 0 aromatic carbocycles. The second-order valence-corrected chi connectivity index (χ2v) is 7.77. The van der Waals surface area contributed by atoms with E-state index >= 15 is 0 Å². The lowest BCUT2D eigenvalue weighted by atomic mass is 9.73. The van der Waals surface area contributed by atoms with Crippen molar-refractivity contribution in [3.63, 3.8) is 0 Å². The largest absolute Gasteiger partial charge is 0.348 e. The number of imidazole rings is 1. The lowest BCUT2D eigenvalue weighted by Gasteiger charge is -2.48. The van der Waals surface area contributed by atoms with Crippen molar-refractivity contribution in [1.29, 1.82) is 0 Å². The Morgan fingerprint density at radius 2 is 1.93 bits per heavy atom. The summed E-state index contributed by atoms with van der Waals surface area (Å²) in [5.74, 6) is -0.119. The Balaban J connectivity index is 1.46. The van der Waals surface area contributed by atoms with Gasteiger partial charge in [0.25, 0.3) is 11.5 Å². The van der Waals surface area contributed by atoms with Crippen molar-refractivity contribution >= 4 is 11.8 Å². The summed E-state index contributed by atoms with van der Waals surface area (Å²) in [5, 5.41) is 0. The van der Waals surface area contributed by atoms with E-state index in [4.69, 9.17) is 0 Å². The van der Waals surface area contributed by atoms with Gasteiger partial charge in [-0.05, 0) is 19.3 Å². The monoisotopic (exact) mass is 384 g/mol. The summed E-state index contributed by atoms with van der Waals surface area (Å²) in [6.45, 7) is 2.47. The number of carbonyl (C=O) groups is 2. The molecule has 0 bridgehead atoms. The number of aromatic nitrogens is 4. The van der Waals surface area contributed by atoms with Crippen LogP contribution in [0.3, 0.4) is 0 Å². The molecular weight excluding hydrogens is 360 g/mol. The maximum atomic E-state index is 12.8. The van der Waals surface area contributed by atoms with Crippen LogP contribution in [-0.4, -0.2) is 67.7 Å². The highest BCUT2D eigenvalue weighted by Gasteiger charge is 2.43. The first kappa shape index (κ1) is 18.4. The van der Waals surface area contributed by atoms with Crippen molar-refractivity contribution in [2.45, 2.75) is 32.1 Å². The number of likely N-dealkylation sites (tertiary alicyclic amines) is 2. The Labute approximate surface area is 162 Å². The minimum atomic E-state index is -0.417. The zero-order chi connectivity index (χ0) is 19.6. The smallest absolute Gasteiger partial charge is 0.263 e. The van der Waals surface area contributed by atoms with Gasteiger partial charge in [-0.15, -0.1) is 0 Å². The van der Waals surface area contributed by atoms with Crippen molar-refractivity contribution in [3.05, 3.63) is 46.7 Å². The maximum Gasteiger partial charge on any atom is 0.263 e. The highest BCUT2D eigenvalue weighted by atomic mass is 16.2. The molecule has 2 aromatic rings. The molecule has 1 spiro atoms. The molecule has 4 rings (SSSR count). The predicted octanol–water partition coefficient (Wildman–Crippen LogP) is 0.581. The van der Waals surface area contributed by atoms with E-state index in [0.717, 1.165) is 31.4 Å². The van der Waals surface area contributed by atoms with Gasteiger partial charge in [0, 0.05) is 62.5 Å². The first-order valence-electron chi connectivity index (χ1n) is 9.63. The SMILES string of the molecule is O=C1CCC2(CCCN(C(=O)c3cnc[nH]c3=O)C2)CN1CCc1cnc[nH]1. The predicted molar refractivity (Wildman–Crippen MR) is 101 cm³/mol. The summed E-state index contributed by atoms with van der Waals surface area (Å²) in [4.78, 5) is 54.3. The Bertz CT molecular complexity index is 908. The van der Waals surface area contributed by atoms with Gasteiger partial charge in [-0.3, -0.25) is 14.4 Å². The van der Waals surface area contributed by atoms with Crippen LogP contribution in [-0.2, 0) is 11.2 Å². The van der Waals surface area contributed by atoms with Crippen molar-refractivity contribution in [2.75, 3.05) is 26.2 Å². The first-order valence-corrected chi connectivity index (χ1v) is 9.63. The van der Waals surface area contributed by atoms with Gasteiger partial charge in [-0.1, -0.05) is 0 Å². The number of aromatic amines is 2. The van der Waals surface area contributed by atoms with Gasteiger partial charge >= 0.3 is 0 Å². The number of H-pyrrole nitrogens is 2. The third-order valence-corrected chi connectivity index (χ3v) is 5.85. The summed E-state index contributed by atoms with van der Waals surface area (Å²) in [6, 6.07) is 0. The fourth-order valence-corrected chi connectivity index (χ4v) is 4.36. The summed E-state index contributed by atoms with van der Waals surface area (Å²) >= 11 is 0. The molecule has 28 heavy (non-hydrogen) atoms. The topological polar surface area (TPSA) is 115 Å². The molecular formula is C19H24N6O3. The van der Waals surface area contributed by atoms with Gasteiger partial charge in [0.1, 0.15) is 5.56 Å². The molecule has 2 saturated heterocycles. The highest BCUT2D eigenvalue weighted by molar-refractivity contribution is 5.93. The van der Waals surface area contributed by atoms with E-state index in [9.17, 15) is 14.4 Å². The summed E-state index contributed by atoms with van der Waals surface area (Å²) < 4.78 is 0. The molecule has 2 aliphatic heterocycles. The number of rotatable bonds is 4. The summed E-state index contributed by atoms with van der Waals surface area (Å²) in [7, 11) is 0. The molecule has 2 fully saturated rings. The number of nitrogens with one attached hydrogen (secondary N) is 2. The third kappa shape index (κ3) is 3.69. The quantitative estimate of drug-likeness (QED) is 0.800. The van der Waals surface area contributed by atoms with Crippen molar-refractivity contribution in [2.24, 2.45) is 5.41 Å². The third-order valence-electron chi connectivity index (χ3n) is 5.85. The fraction of sp³-hybridized carbons (Fsp3) is 0.526. The minimum Gasteiger partial charge on any atom is -0.348 e. The molecule has 9 nitrogen and oxygen atoms in total. The number of hydrogen-bond acceptors (Lipinski definition) is 5. The average molecular weight is 384 g/mol. The van der Waals surface area contributed by atoms with Crippen LogP contribution in [0, 0.1) is 5.41 Å². The van der Waals surface area contributed by atoms with Crippen molar-refractivity contribution < 1.29 is 9.59 Å². The second-order valence-electron chi connectivity index (χ2n) is 7.77. The van der Waals surface area contributed by atoms with Crippen LogP contribution in [0.4, 0.5) is 0 Å². The van der Waals surface area contributed by atoms with Gasteiger partial charge in [0.15, 0.2) is 0 Å². The molecule has 1 unspecified atom stereocenters. The van der Waals surface area contributed by atoms with E-state index in [2.05, 4.69) is 19.9 Å². The Morgan fingerprint density at radius 3 is 2.71 bits per heavy atom. The van der Waals surface area contributed by atoms with E-state index in [1.54, 1.807) is 17.4 Å². The molecule has 148 valence electrons. The highest BCUT2D eigenvalue weighted by Crippen LogP contribution is 2.39. The average Bonchev–Trinajstić information content (AvgIpc) is 3.23. The van der Waals surface area contributed by atoms with Crippen LogP contribution in [0.25, 0.3) is 0 Å². The Kier molecular flexibility index (Phi) is 4.97. The maximum absolute atomic E-state index is 12.8. The molecule has 2 aromatic heterocycles. The number of amides is 2. The Hall–Kier alpha value is -2.97. The number of hydrogen-bond donors (Lipinski definition) is 2. The van der Waals surface area contributed by atoms with Gasteiger partial charge in [-0.2, -0.15) is 0 Å². The minimum absolute atomic E-state index is 0.0718. The van der Waals surface area contributed by atoms with E-state index in [0.29, 0.717) is 32.6 Å². The molecule has 2 amide bonds. The molecule has 4 heterocycles. The van der Waals surface area contributed by atoms with Crippen LogP contribution >= 0.6 is 0 Å². The molecule has 2 aliphatic rings. The molecule has 0 saturated carbocycles. The van der Waals surface area contributed by atoms with Crippen molar-refractivity contribution in [1.82, 2.24) is 29.7 Å². The zero-order valence-electron chi connectivity index (χ0n) is 15.7. The van der Waals surface area contributed by atoms with E-state index < -0.39 is 5.56 Å². The van der Waals surface area contributed by atoms with Gasteiger partial charge in [0.05, 0.1) is 12.7 Å². The molecule has 2 N–H and O–H groups in total. The lowest BCUT2D eigenvalue weighted by Crippen LogP contribution is -2.55. The normalized spacial score (nSPS) is 22.6. The number of nitrogens with zero attached hydrogens (tertiary/aromatic N) is 4. The molecule has 1 atom stereocenters. The second kappa shape index (κ2) is 7.57. The first-order chi connectivity index (χ1) is 13.6. The Morgan fingerprint density at radius 1 is 1.11 bits per heavy atom. The van der Waals surface area contributed by atoms with E-state index in [1.807, 2.05) is 4.90 Å². The standard InChI is InChI=1S/C19H24N6O3/c26-16-2-5-19(10-24(16)7-3-14-8-20-12-22-14)4-1-6-25(11-19)18(28)15-9-21-13-23-17(15)27/h8-9,12-13H,1-7,10-11H2,(H,20,22)(H,21,23,27). The zero-order valence-corrected chi connectivity index (χ0v) is 15.7. The van der Waals surface area contributed by atoms with Crippen LogP contribution in [0.1, 0.15) is 41.7 Å². The van der Waals surface area contributed by atoms with Gasteiger partial charge in [0.2, 0.25) is 5.91 Å². The fourth-order valence-electron chi connectivity index (χ4n) is 4.36. The lowest BCUT2D eigenvalue weighted by molar-refractivity contribution is -0.138. The number of carbonyl (C=O) groups excluding carboxylic acids is 2. The van der Waals surface area contributed by atoms with E-state index in [1.165, 1.54) is 12.5 Å². The van der Waals surface area contributed by atoms with Crippen LogP contribution < -0.4 is 5.56 Å². The van der Waals surface area contributed by atoms with Crippen LogP contribution in [0.2, 0.25) is 0 Å². The molecule has 9 heteroatoms. The number of piperidine rings is 2. The summed E-state index contributed by atoms with van der Waals surface area (Å²) in [6.07, 6.45) is 9.87. The van der Waals surface area contributed by atoms with Gasteiger partial charge < -0.3 is 19.8 Å². The van der Waals surface area contributed by atoms with Gasteiger partial charge in [-0.25, -0.2) is 9.97 Å². The van der Waals surface area contributed by atoms with E-state index in [-0.39, 0.29) is 22.8 Å². The molecule has 0 aliphatic carbocycles. The van der Waals surface area contributed by atoms with Crippen LogP contribution in [0.5, 0.6) is 0 Å². The van der Waals surface area contributed by atoms with Crippen molar-refractivity contribution in [3.8, 4) is 0 Å². The summed E-state index contributed by atoms with van der Waals surface area (Å²) in [5.41, 5.74) is 0.552. The molecule has 0 radical (unpaired) electrons.